The number of benzene rings is 3. The van der Waals surface area contributed by atoms with Crippen molar-refractivity contribution in [2.24, 2.45) is 11.8 Å². The van der Waals surface area contributed by atoms with Crippen molar-refractivity contribution in [3.8, 4) is 11.5 Å². The summed E-state index contributed by atoms with van der Waals surface area (Å²) in [5.41, 5.74) is 1.44. The number of esters is 1. The number of urea groups is 1. The zero-order valence-corrected chi connectivity index (χ0v) is 26.4. The highest BCUT2D eigenvalue weighted by molar-refractivity contribution is 5.90. The first-order valence-corrected chi connectivity index (χ1v) is 15.5. The minimum atomic E-state index is -1.16. The Hall–Kier alpha value is -4.25. The van der Waals surface area contributed by atoms with Crippen LogP contribution >= 0.6 is 0 Å². The van der Waals surface area contributed by atoms with Crippen molar-refractivity contribution in [1.82, 2.24) is 10.2 Å². The molecule has 0 bridgehead atoms. The van der Waals surface area contributed by atoms with Crippen molar-refractivity contribution in [2.75, 3.05) is 38.2 Å². The smallest absolute Gasteiger partial charge is 0.347 e. The Bertz CT molecular complexity index is 1490. The standard InChI is InChI=1S/C35H40F3N3O5/c1-5-44-33(42)30(46-25-12-8-22(9-13-25)35(2,3)4)16-21-6-10-24(11-7-21)45-15-14-39-31-26-19-41(20-27(26)31)34(43)40-32-28(37)17-23(36)18-29(32)38/h6-13,17-18,26-27,30-31,39H,5,14-16,19-20H2,1-4H3,(H,40,43)/t26-,27+,30-,31?/m0/s1. The average molecular weight is 640 g/mol. The van der Waals surface area contributed by atoms with Crippen LogP contribution in [0.2, 0.25) is 0 Å². The van der Waals surface area contributed by atoms with Crippen LogP contribution in [-0.2, 0) is 21.4 Å². The molecule has 1 aliphatic heterocycles. The van der Waals surface area contributed by atoms with Crippen LogP contribution in [0.1, 0.15) is 38.8 Å². The van der Waals surface area contributed by atoms with E-state index in [9.17, 15) is 22.8 Å². The molecule has 1 saturated carbocycles. The lowest BCUT2D eigenvalue weighted by molar-refractivity contribution is -0.151. The largest absolute Gasteiger partial charge is 0.492 e. The molecule has 5 rings (SSSR count). The highest BCUT2D eigenvalue weighted by atomic mass is 19.1. The minimum Gasteiger partial charge on any atom is -0.492 e. The third kappa shape index (κ3) is 8.12. The Kier molecular flexibility index (Phi) is 10.1. The molecule has 11 heteroatoms. The normalized spacial score (nSPS) is 19.3. The van der Waals surface area contributed by atoms with E-state index < -0.39 is 41.2 Å². The van der Waals surface area contributed by atoms with Gasteiger partial charge in [-0.05, 0) is 59.6 Å². The lowest BCUT2D eigenvalue weighted by Crippen LogP contribution is -2.39. The van der Waals surface area contributed by atoms with Crippen molar-refractivity contribution in [3.63, 3.8) is 0 Å². The molecule has 3 aromatic carbocycles. The molecular weight excluding hydrogens is 599 g/mol. The number of halogens is 3. The summed E-state index contributed by atoms with van der Waals surface area (Å²) in [7, 11) is 0. The van der Waals surface area contributed by atoms with E-state index in [2.05, 4.69) is 31.4 Å². The van der Waals surface area contributed by atoms with Gasteiger partial charge in [-0.3, -0.25) is 0 Å². The Balaban J connectivity index is 1.04. The summed E-state index contributed by atoms with van der Waals surface area (Å²) in [6.07, 6.45) is -0.448. The minimum absolute atomic E-state index is 0.0126. The maximum atomic E-state index is 13.9. The van der Waals surface area contributed by atoms with Crippen LogP contribution in [0.15, 0.2) is 60.7 Å². The summed E-state index contributed by atoms with van der Waals surface area (Å²) in [6.45, 7) is 10.4. The molecule has 4 atom stereocenters. The van der Waals surface area contributed by atoms with Gasteiger partial charge in [0, 0.05) is 44.2 Å². The van der Waals surface area contributed by atoms with Gasteiger partial charge < -0.3 is 29.7 Å². The number of hydrogen-bond donors (Lipinski definition) is 2. The molecule has 246 valence electrons. The van der Waals surface area contributed by atoms with Crippen LogP contribution in [-0.4, -0.2) is 61.9 Å². The molecule has 2 N–H and O–H groups in total. The van der Waals surface area contributed by atoms with Crippen LogP contribution in [0.4, 0.5) is 23.7 Å². The number of likely N-dealkylation sites (tertiary alicyclic amines) is 1. The fourth-order valence-corrected chi connectivity index (χ4v) is 5.78. The number of rotatable bonds is 12. The topological polar surface area (TPSA) is 89.1 Å². The predicted octanol–water partition coefficient (Wildman–Crippen LogP) is 6.09. The lowest BCUT2D eigenvalue weighted by Gasteiger charge is -2.21. The number of anilines is 1. The van der Waals surface area contributed by atoms with E-state index in [1.165, 1.54) is 10.5 Å². The van der Waals surface area contributed by atoms with Crippen LogP contribution < -0.4 is 20.1 Å². The summed E-state index contributed by atoms with van der Waals surface area (Å²) in [6, 6.07) is 15.9. The van der Waals surface area contributed by atoms with Gasteiger partial charge in [-0.1, -0.05) is 45.0 Å². The van der Waals surface area contributed by atoms with Crippen LogP contribution in [0.25, 0.3) is 0 Å². The second-order valence-electron chi connectivity index (χ2n) is 12.7. The zero-order valence-electron chi connectivity index (χ0n) is 26.4. The van der Waals surface area contributed by atoms with E-state index in [0.717, 1.165) is 5.56 Å². The van der Waals surface area contributed by atoms with Crippen LogP contribution in [0.5, 0.6) is 11.5 Å². The Morgan fingerprint density at radius 1 is 0.935 bits per heavy atom. The molecule has 0 spiro atoms. The highest BCUT2D eigenvalue weighted by Gasteiger charge is 2.56. The predicted molar refractivity (Wildman–Crippen MR) is 168 cm³/mol. The summed E-state index contributed by atoms with van der Waals surface area (Å²) < 4.78 is 58.1. The first kappa shape index (κ1) is 33.1. The molecule has 1 saturated heterocycles. The number of carbonyl (C=O) groups is 2. The molecule has 3 aromatic rings. The third-order valence-electron chi connectivity index (χ3n) is 8.36. The molecule has 1 aliphatic carbocycles. The van der Waals surface area contributed by atoms with Crippen LogP contribution in [0, 0.1) is 29.3 Å². The Morgan fingerprint density at radius 3 is 2.13 bits per heavy atom. The summed E-state index contributed by atoms with van der Waals surface area (Å²) in [4.78, 5) is 26.7. The Labute approximate surface area is 267 Å². The van der Waals surface area contributed by atoms with Gasteiger partial charge in [-0.25, -0.2) is 22.8 Å². The molecule has 0 radical (unpaired) electrons. The Morgan fingerprint density at radius 2 is 1.54 bits per heavy atom. The molecule has 2 aliphatic rings. The maximum Gasteiger partial charge on any atom is 0.347 e. The van der Waals surface area contributed by atoms with Gasteiger partial charge in [0.25, 0.3) is 0 Å². The lowest BCUT2D eigenvalue weighted by atomic mass is 9.87. The number of hydrogen-bond acceptors (Lipinski definition) is 6. The highest BCUT2D eigenvalue weighted by Crippen LogP contribution is 2.45. The quantitative estimate of drug-likeness (QED) is 0.184. The van der Waals surface area contributed by atoms with E-state index in [0.29, 0.717) is 56.3 Å². The summed E-state index contributed by atoms with van der Waals surface area (Å²) in [5, 5.41) is 5.66. The number of fused-ring (bicyclic) bond motifs is 1. The molecule has 2 amide bonds. The molecule has 1 unspecified atom stereocenters. The van der Waals surface area contributed by atoms with Gasteiger partial charge in [0.05, 0.1) is 6.61 Å². The molecule has 46 heavy (non-hydrogen) atoms. The SMILES string of the molecule is CCOC(=O)[C@H](Cc1ccc(OCCNC2[C@H]3CN(C(=O)Nc4c(F)cc(F)cc4F)C[C@@H]23)cc1)Oc1ccc(C(C)(C)C)cc1. The monoisotopic (exact) mass is 639 g/mol. The van der Waals surface area contributed by atoms with E-state index in [1.807, 2.05) is 48.5 Å². The van der Waals surface area contributed by atoms with E-state index in [1.54, 1.807) is 6.92 Å². The van der Waals surface area contributed by atoms with Crippen LogP contribution in [0.3, 0.4) is 0 Å². The number of amides is 2. The molecule has 1 heterocycles. The van der Waals surface area contributed by atoms with Gasteiger partial charge in [0.2, 0.25) is 0 Å². The van der Waals surface area contributed by atoms with Crippen molar-refractivity contribution < 1.29 is 37.0 Å². The number of nitrogens with zero attached hydrogens (tertiary/aromatic N) is 1. The fourth-order valence-electron chi connectivity index (χ4n) is 5.78. The first-order valence-electron chi connectivity index (χ1n) is 15.5. The molecular formula is C35H40F3N3O5. The molecule has 8 nitrogen and oxygen atoms in total. The second kappa shape index (κ2) is 14.0. The van der Waals surface area contributed by atoms with Gasteiger partial charge in [0.15, 0.2) is 17.7 Å². The number of piperidine rings is 1. The summed E-state index contributed by atoms with van der Waals surface area (Å²) >= 11 is 0. The number of ether oxygens (including phenoxy) is 3. The van der Waals surface area contributed by atoms with Gasteiger partial charge in [0.1, 0.15) is 29.6 Å². The van der Waals surface area contributed by atoms with E-state index in [4.69, 9.17) is 14.2 Å². The van der Waals surface area contributed by atoms with E-state index >= 15 is 0 Å². The molecule has 0 aromatic heterocycles. The van der Waals surface area contributed by atoms with E-state index in [-0.39, 0.29) is 29.9 Å². The van der Waals surface area contributed by atoms with Gasteiger partial charge in [-0.2, -0.15) is 0 Å². The summed E-state index contributed by atoms with van der Waals surface area (Å²) in [5.74, 6) is -1.99. The molecule has 2 fully saturated rings. The van der Waals surface area contributed by atoms with Crippen molar-refractivity contribution in [2.45, 2.75) is 51.7 Å². The zero-order chi connectivity index (χ0) is 33.0. The first-order chi connectivity index (χ1) is 21.9. The fraction of sp³-hybridized carbons (Fsp3) is 0.429. The maximum absolute atomic E-state index is 13.9. The van der Waals surface area contributed by atoms with Gasteiger partial charge >= 0.3 is 12.0 Å². The number of carbonyl (C=O) groups excluding carboxylic acids is 2. The average Bonchev–Trinajstić information content (AvgIpc) is 3.44. The van der Waals surface area contributed by atoms with Crippen molar-refractivity contribution in [3.05, 3.63) is 89.2 Å². The number of nitrogens with one attached hydrogen (secondary N) is 2. The second-order valence-corrected chi connectivity index (χ2v) is 12.7. The van der Waals surface area contributed by atoms with Crippen molar-refractivity contribution >= 4 is 17.7 Å². The van der Waals surface area contributed by atoms with Gasteiger partial charge in [-0.15, -0.1) is 0 Å². The van der Waals surface area contributed by atoms with Crippen molar-refractivity contribution in [1.29, 1.82) is 0 Å². The third-order valence-corrected chi connectivity index (χ3v) is 8.36.